The molecule has 4 aromatic heterocycles. The molecule has 0 fully saturated rings. The van der Waals surface area contributed by atoms with Crippen molar-refractivity contribution >= 4 is 43.4 Å². The highest BCUT2D eigenvalue weighted by Crippen LogP contribution is 2.39. The second kappa shape index (κ2) is 30.3. The van der Waals surface area contributed by atoms with Crippen LogP contribution in [0.1, 0.15) is 0 Å². The lowest BCUT2D eigenvalue weighted by molar-refractivity contribution is 1.07. The van der Waals surface area contributed by atoms with Crippen LogP contribution in [0.3, 0.4) is 0 Å². The van der Waals surface area contributed by atoms with Crippen molar-refractivity contribution in [1.29, 1.82) is 0 Å². The Morgan fingerprint density at radius 2 is 0.438 bits per heavy atom. The standard InChI is InChI=1S/2C52H34N4/c1-3-10-35(11-4-1)36-23-27-42(28-24-36)51-54-50(41-12-5-2-6-13-41)55-52(56-51)43-29-25-38(26-30-43)37-19-21-39(22-20-37)44-14-7-15-45(34-44)46-17-8-18-48-47(46)32-31-40-16-9-33-53-49(40)48;1-3-10-35(11-4-1)36-22-26-41(27-23-36)51-54-50(40-12-5-2-6-13-40)55-52(56-51)42-28-24-38(25-29-42)37-18-20-39(21-19-37)43-15-9-16-44(32-43)45-30-31-48-47-17-8-7-14-46(47)34-53-49(48)33-45/h2*1-34H. The molecule has 8 heteroatoms. The molecule has 20 rings (SSSR count). The van der Waals surface area contributed by atoms with Crippen LogP contribution in [0.4, 0.5) is 0 Å². The first kappa shape index (κ1) is 67.5. The molecule has 0 aliphatic carbocycles. The van der Waals surface area contributed by atoms with Gasteiger partial charge in [0.05, 0.1) is 11.0 Å². The van der Waals surface area contributed by atoms with Crippen LogP contribution >= 0.6 is 0 Å². The first-order valence-corrected chi connectivity index (χ1v) is 37.6. The van der Waals surface area contributed by atoms with Crippen LogP contribution in [0.15, 0.2) is 413 Å². The summed E-state index contributed by atoms with van der Waals surface area (Å²) >= 11 is 0. The molecule has 0 unspecified atom stereocenters. The van der Waals surface area contributed by atoms with E-state index in [1.54, 1.807) is 0 Å². The van der Waals surface area contributed by atoms with Gasteiger partial charge in [0.25, 0.3) is 0 Å². The van der Waals surface area contributed by atoms with Crippen molar-refractivity contribution in [2.24, 2.45) is 0 Å². The maximum absolute atomic E-state index is 4.98. The lowest BCUT2D eigenvalue weighted by Gasteiger charge is -2.11. The van der Waals surface area contributed by atoms with Gasteiger partial charge < -0.3 is 0 Å². The number of benzene rings is 16. The van der Waals surface area contributed by atoms with Crippen LogP contribution in [-0.4, -0.2) is 39.9 Å². The minimum atomic E-state index is 0.637. The number of fused-ring (bicyclic) bond motifs is 6. The number of rotatable bonds is 14. The Balaban J connectivity index is 0.000000151. The van der Waals surface area contributed by atoms with Gasteiger partial charge in [-0.05, 0) is 124 Å². The van der Waals surface area contributed by atoms with Gasteiger partial charge in [-0.15, -0.1) is 0 Å². The van der Waals surface area contributed by atoms with Crippen molar-refractivity contribution in [2.75, 3.05) is 0 Å². The molecule has 0 spiro atoms. The average Bonchev–Trinajstić information content (AvgIpc) is 0.697. The summed E-state index contributed by atoms with van der Waals surface area (Å²) in [6, 6.07) is 140. The molecule has 0 bridgehead atoms. The molecule has 20 aromatic rings. The predicted molar refractivity (Wildman–Crippen MR) is 461 cm³/mol. The van der Waals surface area contributed by atoms with Gasteiger partial charge in [0.15, 0.2) is 34.9 Å². The summed E-state index contributed by atoms with van der Waals surface area (Å²) in [6.45, 7) is 0. The third-order valence-electron chi connectivity index (χ3n) is 20.8. The second-order valence-corrected chi connectivity index (χ2v) is 27.8. The summed E-state index contributed by atoms with van der Waals surface area (Å²) in [5.41, 5.74) is 26.3. The highest BCUT2D eigenvalue weighted by atomic mass is 15.0. The van der Waals surface area contributed by atoms with Crippen LogP contribution in [0.2, 0.25) is 0 Å². The molecule has 0 aliphatic rings. The largest absolute Gasteiger partial charge is 0.256 e. The van der Waals surface area contributed by atoms with Crippen LogP contribution in [0.5, 0.6) is 0 Å². The summed E-state index contributed by atoms with van der Waals surface area (Å²) in [5, 5.41) is 7.08. The Morgan fingerprint density at radius 3 is 0.875 bits per heavy atom. The topological polar surface area (TPSA) is 103 Å². The van der Waals surface area contributed by atoms with Crippen molar-refractivity contribution in [3.05, 3.63) is 413 Å². The molecule has 524 valence electrons. The molecule has 0 amide bonds. The van der Waals surface area contributed by atoms with Gasteiger partial charge in [0.2, 0.25) is 0 Å². The highest BCUT2D eigenvalue weighted by molar-refractivity contribution is 6.11. The molecule has 8 nitrogen and oxygen atoms in total. The van der Waals surface area contributed by atoms with E-state index in [0.29, 0.717) is 34.9 Å². The van der Waals surface area contributed by atoms with Gasteiger partial charge in [-0.1, -0.05) is 376 Å². The Kier molecular flexibility index (Phi) is 18.2. The molecule has 0 saturated carbocycles. The van der Waals surface area contributed by atoms with Crippen molar-refractivity contribution in [1.82, 2.24) is 39.9 Å². The van der Waals surface area contributed by atoms with E-state index in [9.17, 15) is 0 Å². The third-order valence-corrected chi connectivity index (χ3v) is 20.8. The zero-order valence-corrected chi connectivity index (χ0v) is 60.8. The Bertz CT molecular complexity index is 6790. The van der Waals surface area contributed by atoms with Gasteiger partial charge in [-0.25, -0.2) is 29.9 Å². The Morgan fingerprint density at radius 1 is 0.152 bits per heavy atom. The molecule has 0 radical (unpaired) electrons. The maximum atomic E-state index is 4.98. The van der Waals surface area contributed by atoms with E-state index in [1.807, 2.05) is 91.3 Å². The van der Waals surface area contributed by atoms with Gasteiger partial charge in [0, 0.05) is 67.3 Å². The van der Waals surface area contributed by atoms with Crippen LogP contribution in [-0.2, 0) is 0 Å². The summed E-state index contributed by atoms with van der Waals surface area (Å²) in [6.07, 6.45) is 3.83. The molecule has 4 heterocycles. The van der Waals surface area contributed by atoms with Crippen molar-refractivity contribution in [3.8, 4) is 157 Å². The molecule has 112 heavy (non-hydrogen) atoms. The lowest BCUT2D eigenvalue weighted by atomic mass is 9.93. The minimum Gasteiger partial charge on any atom is -0.256 e. The van der Waals surface area contributed by atoms with E-state index in [4.69, 9.17) is 39.9 Å². The Labute approximate surface area is 649 Å². The average molecular weight is 1430 g/mol. The number of hydrogen-bond acceptors (Lipinski definition) is 8. The lowest BCUT2D eigenvalue weighted by Crippen LogP contribution is -2.00. The summed E-state index contributed by atoms with van der Waals surface area (Å²) in [7, 11) is 0. The molecule has 0 atom stereocenters. The summed E-state index contributed by atoms with van der Waals surface area (Å²) < 4.78 is 0. The van der Waals surface area contributed by atoms with E-state index >= 15 is 0 Å². The number of hydrogen-bond donors (Lipinski definition) is 0. The molecular formula is C104H68N8. The van der Waals surface area contributed by atoms with Crippen molar-refractivity contribution in [2.45, 2.75) is 0 Å². The van der Waals surface area contributed by atoms with E-state index in [1.165, 1.54) is 71.6 Å². The van der Waals surface area contributed by atoms with Crippen LogP contribution < -0.4 is 0 Å². The maximum Gasteiger partial charge on any atom is 0.164 e. The van der Waals surface area contributed by atoms with E-state index < -0.39 is 0 Å². The van der Waals surface area contributed by atoms with E-state index in [-0.39, 0.29) is 0 Å². The SMILES string of the molecule is c1ccc(-c2ccc(-c3nc(-c4ccccc4)nc(-c4ccc(-c5ccc(-c6cccc(-c7ccc8c(c7)ncc7ccccc78)c6)cc5)cc4)n3)cc2)cc1.c1ccc(-c2ccc(-c3nc(-c4ccccc4)nc(-c4ccc(-c5ccc(-c6cccc(-c7cccc8c7ccc7cccnc78)c6)cc5)cc4)n3)cc2)cc1. The molecule has 0 saturated heterocycles. The zero-order chi connectivity index (χ0) is 74.5. The van der Waals surface area contributed by atoms with E-state index in [0.717, 1.165) is 94.1 Å². The first-order chi connectivity index (χ1) is 55.4. The van der Waals surface area contributed by atoms with Crippen molar-refractivity contribution < 1.29 is 0 Å². The van der Waals surface area contributed by atoms with Gasteiger partial charge in [0.1, 0.15) is 0 Å². The zero-order valence-electron chi connectivity index (χ0n) is 60.8. The number of pyridine rings is 2. The van der Waals surface area contributed by atoms with Gasteiger partial charge in [-0.3, -0.25) is 9.97 Å². The molecule has 0 N–H and O–H groups in total. The summed E-state index contributed by atoms with van der Waals surface area (Å²) in [5.74, 6) is 3.85. The Hall–Kier alpha value is -15.1. The van der Waals surface area contributed by atoms with Crippen LogP contribution in [0, 0.1) is 0 Å². The normalized spacial score (nSPS) is 11.2. The highest BCUT2D eigenvalue weighted by Gasteiger charge is 2.18. The fourth-order valence-corrected chi connectivity index (χ4v) is 14.9. The van der Waals surface area contributed by atoms with Gasteiger partial charge in [-0.2, -0.15) is 0 Å². The number of aromatic nitrogens is 8. The first-order valence-electron chi connectivity index (χ1n) is 37.6. The quantitative estimate of drug-likeness (QED) is 0.0992. The predicted octanol–water partition coefficient (Wildman–Crippen LogP) is 26.5. The van der Waals surface area contributed by atoms with E-state index in [2.05, 4.69) is 322 Å². The van der Waals surface area contributed by atoms with Crippen molar-refractivity contribution in [3.63, 3.8) is 0 Å². The fraction of sp³-hybridized carbons (Fsp3) is 0. The molecule has 16 aromatic carbocycles. The molecule has 0 aliphatic heterocycles. The van der Waals surface area contributed by atoms with Crippen LogP contribution in [0.25, 0.3) is 201 Å². The molecular weight excluding hydrogens is 1360 g/mol. The number of nitrogens with zero attached hydrogens (tertiary/aromatic N) is 8. The summed E-state index contributed by atoms with van der Waals surface area (Å²) in [4.78, 5) is 39.2. The van der Waals surface area contributed by atoms with Gasteiger partial charge >= 0.3 is 0 Å². The second-order valence-electron chi connectivity index (χ2n) is 27.8. The third kappa shape index (κ3) is 14.1. The minimum absolute atomic E-state index is 0.637. The fourth-order valence-electron chi connectivity index (χ4n) is 14.9. The monoisotopic (exact) mass is 1430 g/mol. The smallest absolute Gasteiger partial charge is 0.164 e.